The predicted octanol–water partition coefficient (Wildman–Crippen LogP) is 3.00. The van der Waals surface area contributed by atoms with Crippen molar-refractivity contribution in [2.75, 3.05) is 7.05 Å². The quantitative estimate of drug-likeness (QED) is 0.426. The second-order valence-corrected chi connectivity index (χ2v) is 7.96. The van der Waals surface area contributed by atoms with Crippen LogP contribution in [0.2, 0.25) is 0 Å². The fourth-order valence-corrected chi connectivity index (χ4v) is 3.58. The van der Waals surface area contributed by atoms with Gasteiger partial charge in [-0.3, -0.25) is 9.78 Å². The molecule has 0 spiro atoms. The molecule has 4 rings (SSSR count). The van der Waals surface area contributed by atoms with E-state index < -0.39 is 17.6 Å². The van der Waals surface area contributed by atoms with E-state index >= 15 is 0 Å². The molecule has 3 aromatic heterocycles. The highest BCUT2D eigenvalue weighted by Gasteiger charge is 2.19. The average Bonchev–Trinajstić information content (AvgIpc) is 3.29. The summed E-state index contributed by atoms with van der Waals surface area (Å²) in [5.41, 5.74) is 4.55. The van der Waals surface area contributed by atoms with Gasteiger partial charge in [0, 0.05) is 29.9 Å². The first kappa shape index (κ1) is 23.0. The van der Waals surface area contributed by atoms with Crippen LogP contribution < -0.4 is 10.9 Å². The summed E-state index contributed by atoms with van der Waals surface area (Å²) in [6, 6.07) is 7.87. The number of carboxylic acids is 1. The second kappa shape index (κ2) is 9.36. The third-order valence-electron chi connectivity index (χ3n) is 5.49. The van der Waals surface area contributed by atoms with Gasteiger partial charge in [-0.25, -0.2) is 9.78 Å². The van der Waals surface area contributed by atoms with E-state index in [1.54, 1.807) is 19.2 Å². The summed E-state index contributed by atoms with van der Waals surface area (Å²) < 4.78 is 7.09. The van der Waals surface area contributed by atoms with Gasteiger partial charge in [0.05, 0.1) is 17.6 Å². The van der Waals surface area contributed by atoms with Crippen molar-refractivity contribution in [3.63, 3.8) is 0 Å². The van der Waals surface area contributed by atoms with Gasteiger partial charge in [-0.2, -0.15) is 0 Å². The van der Waals surface area contributed by atoms with Gasteiger partial charge in [0.15, 0.2) is 0 Å². The molecule has 0 bridgehead atoms. The molecule has 10 nitrogen and oxygen atoms in total. The second-order valence-electron chi connectivity index (χ2n) is 7.96. The molecule has 4 aromatic rings. The zero-order chi connectivity index (χ0) is 24.4. The summed E-state index contributed by atoms with van der Waals surface area (Å²) in [6.45, 7) is 5.96. The Morgan fingerprint density at radius 3 is 2.65 bits per heavy atom. The smallest absolute Gasteiger partial charge is 0.326 e. The Hall–Kier alpha value is -4.18. The monoisotopic (exact) mass is 460 g/mol. The average molecular weight is 460 g/mol. The predicted molar refractivity (Wildman–Crippen MR) is 125 cm³/mol. The molecule has 0 fully saturated rings. The van der Waals surface area contributed by atoms with Crippen LogP contribution in [-0.2, 0) is 11.3 Å². The summed E-state index contributed by atoms with van der Waals surface area (Å²) in [4.78, 5) is 32.5. The molecule has 3 heterocycles. The number of aryl methyl sites for hydroxylation is 2. The fraction of sp³-hybridized carbons (Fsp3) is 0.250. The zero-order valence-corrected chi connectivity index (χ0v) is 19.2. The van der Waals surface area contributed by atoms with Crippen molar-refractivity contribution in [3.8, 4) is 34.3 Å². The van der Waals surface area contributed by atoms with Crippen LogP contribution in [0.1, 0.15) is 29.8 Å². The molecule has 0 amide bonds. The van der Waals surface area contributed by atoms with Gasteiger partial charge in [-0.05, 0) is 51.1 Å². The van der Waals surface area contributed by atoms with Gasteiger partial charge in [-0.1, -0.05) is 12.1 Å². The van der Waals surface area contributed by atoms with Crippen molar-refractivity contribution in [3.05, 3.63) is 69.9 Å². The number of pyridine rings is 1. The van der Waals surface area contributed by atoms with Gasteiger partial charge in [-0.15, -0.1) is 10.2 Å². The number of hydrogen-bond acceptors (Lipinski definition) is 8. The molecule has 10 heteroatoms. The molecule has 0 radical (unpaired) electrons. The van der Waals surface area contributed by atoms with E-state index in [1.165, 1.54) is 19.2 Å². The SMILES string of the molecule is CNCc1ccc(-c2nnc(-c3nc(-c4ccc(=O)n(C(C)C(=O)O)c4)cnc3C)o2)c(C)c1. The first-order valence-electron chi connectivity index (χ1n) is 10.7. The van der Waals surface area contributed by atoms with Crippen molar-refractivity contribution in [2.24, 2.45) is 0 Å². The maximum Gasteiger partial charge on any atom is 0.326 e. The van der Waals surface area contributed by atoms with Crippen LogP contribution >= 0.6 is 0 Å². The van der Waals surface area contributed by atoms with Crippen LogP contribution in [-0.4, -0.2) is 42.9 Å². The Balaban J connectivity index is 1.71. The molecule has 0 aliphatic heterocycles. The molecule has 0 aliphatic carbocycles. The first-order valence-corrected chi connectivity index (χ1v) is 10.7. The lowest BCUT2D eigenvalue weighted by molar-refractivity contribution is -0.140. The minimum atomic E-state index is -1.11. The summed E-state index contributed by atoms with van der Waals surface area (Å²) in [5.74, 6) is -0.519. The van der Waals surface area contributed by atoms with Gasteiger partial charge >= 0.3 is 5.97 Å². The van der Waals surface area contributed by atoms with E-state index in [9.17, 15) is 14.7 Å². The van der Waals surface area contributed by atoms with Gasteiger partial charge < -0.3 is 19.4 Å². The van der Waals surface area contributed by atoms with Crippen LogP contribution in [0.25, 0.3) is 34.3 Å². The number of aliphatic carboxylic acids is 1. The molecular formula is C24H24N6O4. The highest BCUT2D eigenvalue weighted by atomic mass is 16.4. The van der Waals surface area contributed by atoms with Crippen LogP contribution in [0.5, 0.6) is 0 Å². The Bertz CT molecular complexity index is 1430. The van der Waals surface area contributed by atoms with Crippen LogP contribution in [0.3, 0.4) is 0 Å². The largest absolute Gasteiger partial charge is 0.480 e. The molecule has 2 N–H and O–H groups in total. The lowest BCUT2D eigenvalue weighted by atomic mass is 10.1. The molecule has 0 aliphatic rings. The maximum absolute atomic E-state index is 12.1. The van der Waals surface area contributed by atoms with Crippen molar-refractivity contribution in [1.29, 1.82) is 0 Å². The van der Waals surface area contributed by atoms with Crippen molar-refractivity contribution in [1.82, 2.24) is 30.0 Å². The maximum atomic E-state index is 12.1. The molecule has 1 atom stereocenters. The first-order chi connectivity index (χ1) is 16.3. The number of carbonyl (C=O) groups is 1. The summed E-state index contributed by atoms with van der Waals surface area (Å²) in [6.07, 6.45) is 3.01. The highest BCUT2D eigenvalue weighted by molar-refractivity contribution is 5.72. The fourth-order valence-electron chi connectivity index (χ4n) is 3.58. The lowest BCUT2D eigenvalue weighted by Crippen LogP contribution is -2.27. The van der Waals surface area contributed by atoms with Gasteiger partial charge in [0.25, 0.3) is 11.4 Å². The van der Waals surface area contributed by atoms with Crippen molar-refractivity contribution in [2.45, 2.75) is 33.4 Å². The normalized spacial score (nSPS) is 12.0. The Labute approximate surface area is 195 Å². The van der Waals surface area contributed by atoms with Gasteiger partial charge in [0.2, 0.25) is 5.89 Å². The van der Waals surface area contributed by atoms with Crippen molar-refractivity contribution >= 4 is 5.97 Å². The summed E-state index contributed by atoms with van der Waals surface area (Å²) >= 11 is 0. The number of carboxylic acid groups (broad SMARTS) is 1. The number of benzene rings is 1. The van der Waals surface area contributed by atoms with Crippen molar-refractivity contribution < 1.29 is 14.3 Å². The van der Waals surface area contributed by atoms with Crippen LogP contribution in [0.4, 0.5) is 0 Å². The van der Waals surface area contributed by atoms with Crippen LogP contribution in [0, 0.1) is 13.8 Å². The highest BCUT2D eigenvalue weighted by Crippen LogP contribution is 2.28. The van der Waals surface area contributed by atoms with Crippen LogP contribution in [0.15, 0.2) is 51.9 Å². The summed E-state index contributed by atoms with van der Waals surface area (Å²) in [7, 11) is 1.90. The standard InChI is InChI=1S/C24H24N6O4/c1-13-9-16(10-25-4)5-7-18(13)22-28-29-23(34-22)21-14(2)26-11-19(27-21)17-6-8-20(31)30(12-17)15(3)24(32)33/h5-9,11-12,15,25H,10H2,1-4H3,(H,32,33). The lowest BCUT2D eigenvalue weighted by Gasteiger charge is -2.12. The van der Waals surface area contributed by atoms with E-state index in [-0.39, 0.29) is 5.89 Å². The number of nitrogens with zero attached hydrogens (tertiary/aromatic N) is 5. The topological polar surface area (TPSA) is 136 Å². The van der Waals surface area contributed by atoms with E-state index in [4.69, 9.17) is 4.42 Å². The number of nitrogens with one attached hydrogen (secondary N) is 1. The molecule has 1 aromatic carbocycles. The van der Waals surface area contributed by atoms with E-state index in [1.807, 2.05) is 26.1 Å². The molecule has 0 saturated heterocycles. The molecule has 34 heavy (non-hydrogen) atoms. The Morgan fingerprint density at radius 1 is 1.18 bits per heavy atom. The minimum absolute atomic E-state index is 0.216. The number of aromatic nitrogens is 5. The molecular weight excluding hydrogens is 436 g/mol. The molecule has 174 valence electrons. The minimum Gasteiger partial charge on any atom is -0.480 e. The number of hydrogen-bond donors (Lipinski definition) is 2. The third-order valence-corrected chi connectivity index (χ3v) is 5.49. The Morgan fingerprint density at radius 2 is 1.94 bits per heavy atom. The zero-order valence-electron chi connectivity index (χ0n) is 19.2. The molecule has 0 saturated carbocycles. The van der Waals surface area contributed by atoms with E-state index in [0.29, 0.717) is 28.5 Å². The van der Waals surface area contributed by atoms with E-state index in [0.717, 1.165) is 27.8 Å². The van der Waals surface area contributed by atoms with E-state index in [2.05, 4.69) is 31.5 Å². The number of rotatable bonds is 7. The van der Waals surface area contributed by atoms with Gasteiger partial charge in [0.1, 0.15) is 11.7 Å². The molecule has 1 unspecified atom stereocenters. The Kier molecular flexibility index (Phi) is 6.33. The summed E-state index contributed by atoms with van der Waals surface area (Å²) in [5, 5.41) is 20.8. The third kappa shape index (κ3) is 4.48.